The van der Waals surface area contributed by atoms with Crippen molar-refractivity contribution in [3.8, 4) is 0 Å². The molecule has 0 aliphatic carbocycles. The van der Waals surface area contributed by atoms with Gasteiger partial charge in [0.25, 0.3) is 0 Å². The van der Waals surface area contributed by atoms with Gasteiger partial charge in [0.15, 0.2) is 12.2 Å². The predicted octanol–water partition coefficient (Wildman–Crippen LogP) is 19.6. The molecule has 0 radical (unpaired) electrons. The highest BCUT2D eigenvalue weighted by molar-refractivity contribution is 7.47. The molecule has 0 amide bonds. The van der Waals surface area contributed by atoms with Gasteiger partial charge in [0, 0.05) is 25.7 Å². The molecule has 3 unspecified atom stereocenters. The van der Waals surface area contributed by atoms with Gasteiger partial charge in [-0.1, -0.05) is 298 Å². The van der Waals surface area contributed by atoms with E-state index in [9.17, 15) is 43.2 Å². The summed E-state index contributed by atoms with van der Waals surface area (Å²) in [7, 11) is -9.89. The molecule has 3 N–H and O–H groups in total. The third-order valence-corrected chi connectivity index (χ3v) is 18.2. The van der Waals surface area contributed by atoms with Gasteiger partial charge in [0.2, 0.25) is 0 Å². The molecule has 88 heavy (non-hydrogen) atoms. The summed E-state index contributed by atoms with van der Waals surface area (Å²) in [4.78, 5) is 72.2. The maximum Gasteiger partial charge on any atom is 0.472 e. The zero-order chi connectivity index (χ0) is 65.0. The number of hydrogen-bond donors (Lipinski definition) is 3. The third kappa shape index (κ3) is 61.6. The van der Waals surface area contributed by atoms with E-state index < -0.39 is 97.5 Å². The largest absolute Gasteiger partial charge is 0.472 e. The first-order valence-electron chi connectivity index (χ1n) is 36.0. The van der Waals surface area contributed by atoms with Crippen LogP contribution in [0.3, 0.4) is 0 Å². The molecule has 0 fully saturated rings. The van der Waals surface area contributed by atoms with E-state index in [1.54, 1.807) is 0 Å². The van der Waals surface area contributed by atoms with Crippen molar-refractivity contribution in [2.24, 2.45) is 11.8 Å². The Hall–Kier alpha value is -1.94. The quantitative estimate of drug-likeness (QED) is 0.0222. The molecular weight excluding hydrogens is 1160 g/mol. The summed E-state index contributed by atoms with van der Waals surface area (Å²) in [5, 5.41) is 10.5. The Bertz CT molecular complexity index is 1720. The Morgan fingerprint density at radius 2 is 0.580 bits per heavy atom. The number of phosphoric ester groups is 2. The third-order valence-electron chi connectivity index (χ3n) is 16.3. The number of aliphatic hydroxyl groups is 1. The van der Waals surface area contributed by atoms with Crippen LogP contribution in [0.5, 0.6) is 0 Å². The molecule has 0 aromatic heterocycles. The summed E-state index contributed by atoms with van der Waals surface area (Å²) >= 11 is 0. The number of unbranched alkanes of at least 4 members (excludes halogenated alkanes) is 37. The van der Waals surface area contributed by atoms with Crippen LogP contribution in [-0.2, 0) is 65.4 Å². The van der Waals surface area contributed by atoms with Crippen molar-refractivity contribution in [2.75, 3.05) is 39.6 Å². The molecule has 0 spiro atoms. The second-order valence-electron chi connectivity index (χ2n) is 25.6. The maximum atomic E-state index is 13.0. The molecule has 0 aliphatic rings. The van der Waals surface area contributed by atoms with E-state index in [-0.39, 0.29) is 25.7 Å². The minimum atomic E-state index is -4.95. The summed E-state index contributed by atoms with van der Waals surface area (Å²) in [6.07, 6.45) is 46.4. The topological polar surface area (TPSA) is 237 Å². The zero-order valence-electron chi connectivity index (χ0n) is 57.0. The van der Waals surface area contributed by atoms with Crippen molar-refractivity contribution < 1.29 is 80.2 Å². The SMILES string of the molecule is CCCCCCCCCCCCCCCCCCC(=O)OC[C@H](COP(=O)(O)OC[C@@H](O)COP(=O)(O)OC[C@@H](COC(=O)CCCCCCC)OC(=O)CCCCCCCCC(C)C)OC(=O)CCCCCCCCCCCCCCCCC(C)CC. The molecule has 0 aromatic carbocycles. The van der Waals surface area contributed by atoms with E-state index in [1.807, 2.05) is 0 Å². The van der Waals surface area contributed by atoms with Crippen LogP contribution in [0.15, 0.2) is 0 Å². The van der Waals surface area contributed by atoms with Gasteiger partial charge < -0.3 is 33.8 Å². The molecular formula is C69H134O17P2. The summed E-state index contributed by atoms with van der Waals surface area (Å²) in [6, 6.07) is 0. The Morgan fingerprint density at radius 3 is 0.864 bits per heavy atom. The van der Waals surface area contributed by atoms with Gasteiger partial charge in [-0.3, -0.25) is 37.3 Å². The Labute approximate surface area is 537 Å². The second kappa shape index (κ2) is 61.3. The Kier molecular flexibility index (Phi) is 59.9. The van der Waals surface area contributed by atoms with Crippen molar-refractivity contribution >= 4 is 39.5 Å². The molecule has 17 nitrogen and oxygen atoms in total. The van der Waals surface area contributed by atoms with Crippen molar-refractivity contribution in [2.45, 2.75) is 368 Å². The number of carbonyl (C=O) groups excluding carboxylic acids is 4. The first-order valence-corrected chi connectivity index (χ1v) is 39.0. The summed E-state index contributed by atoms with van der Waals surface area (Å²) in [6.45, 7) is 9.41. The lowest BCUT2D eigenvalue weighted by molar-refractivity contribution is -0.161. The average molecular weight is 1300 g/mol. The second-order valence-corrected chi connectivity index (χ2v) is 28.5. The average Bonchev–Trinajstić information content (AvgIpc) is 3.69. The van der Waals surface area contributed by atoms with Crippen molar-refractivity contribution in [3.05, 3.63) is 0 Å². The molecule has 6 atom stereocenters. The molecule has 19 heteroatoms. The van der Waals surface area contributed by atoms with E-state index in [0.717, 1.165) is 102 Å². The van der Waals surface area contributed by atoms with Crippen molar-refractivity contribution in [3.63, 3.8) is 0 Å². The number of phosphoric acid groups is 2. The van der Waals surface area contributed by atoms with Gasteiger partial charge in [-0.15, -0.1) is 0 Å². The highest BCUT2D eigenvalue weighted by atomic mass is 31.2. The van der Waals surface area contributed by atoms with Gasteiger partial charge >= 0.3 is 39.5 Å². The van der Waals surface area contributed by atoms with E-state index in [2.05, 4.69) is 41.5 Å². The monoisotopic (exact) mass is 1300 g/mol. The van der Waals surface area contributed by atoms with E-state index in [0.29, 0.717) is 31.6 Å². The fraction of sp³-hybridized carbons (Fsp3) is 0.942. The predicted molar refractivity (Wildman–Crippen MR) is 354 cm³/mol. The lowest BCUT2D eigenvalue weighted by Gasteiger charge is -2.21. The molecule has 0 rings (SSSR count). The minimum absolute atomic E-state index is 0.101. The maximum absolute atomic E-state index is 13.0. The van der Waals surface area contributed by atoms with Crippen molar-refractivity contribution in [1.29, 1.82) is 0 Å². The van der Waals surface area contributed by atoms with Crippen LogP contribution < -0.4 is 0 Å². The minimum Gasteiger partial charge on any atom is -0.462 e. The van der Waals surface area contributed by atoms with Crippen LogP contribution >= 0.6 is 15.6 Å². The van der Waals surface area contributed by atoms with Gasteiger partial charge in [-0.05, 0) is 37.5 Å². The summed E-state index contributed by atoms with van der Waals surface area (Å²) in [5.41, 5.74) is 0. The van der Waals surface area contributed by atoms with Crippen LogP contribution in [0.1, 0.15) is 350 Å². The lowest BCUT2D eigenvalue weighted by atomic mass is 9.99. The smallest absolute Gasteiger partial charge is 0.462 e. The number of hydrogen-bond acceptors (Lipinski definition) is 15. The first kappa shape index (κ1) is 86.1. The summed E-state index contributed by atoms with van der Waals surface area (Å²) < 4.78 is 68.0. The van der Waals surface area contributed by atoms with E-state index in [1.165, 1.54) is 161 Å². The van der Waals surface area contributed by atoms with Crippen LogP contribution in [0.2, 0.25) is 0 Å². The normalized spacial score (nSPS) is 14.5. The van der Waals surface area contributed by atoms with Gasteiger partial charge in [-0.2, -0.15) is 0 Å². The molecule has 0 heterocycles. The van der Waals surface area contributed by atoms with Gasteiger partial charge in [0.1, 0.15) is 19.3 Å². The standard InChI is InChI=1S/C69H134O17P2/c1-7-10-12-14-15-16-17-18-19-20-24-27-30-33-40-46-52-67(72)80-58-65(85-68(73)53-47-41-34-31-28-25-22-21-23-26-29-32-39-44-50-62(6)9-3)60-84-88(77,78)82-56-63(70)55-81-87(75,76)83-59-64(57-79-66(71)51-45-37-13-11-8-2)86-69(74)54-48-42-36-35-38-43-49-61(4)5/h61-65,70H,7-60H2,1-6H3,(H,75,76)(H,77,78)/t62?,63-,64+,65+/m0/s1. The highest BCUT2D eigenvalue weighted by Crippen LogP contribution is 2.45. The van der Waals surface area contributed by atoms with Crippen LogP contribution in [0, 0.1) is 11.8 Å². The fourth-order valence-electron chi connectivity index (χ4n) is 10.4. The molecule has 0 bridgehead atoms. The molecule has 0 aliphatic heterocycles. The molecule has 0 saturated heterocycles. The van der Waals surface area contributed by atoms with Crippen LogP contribution in [0.4, 0.5) is 0 Å². The van der Waals surface area contributed by atoms with Crippen molar-refractivity contribution in [1.82, 2.24) is 0 Å². The number of esters is 4. The number of aliphatic hydroxyl groups excluding tert-OH is 1. The van der Waals surface area contributed by atoms with Crippen LogP contribution in [0.25, 0.3) is 0 Å². The number of rotatable bonds is 68. The summed E-state index contributed by atoms with van der Waals surface area (Å²) in [5.74, 6) is -0.625. The zero-order valence-corrected chi connectivity index (χ0v) is 58.8. The molecule has 0 saturated carbocycles. The first-order chi connectivity index (χ1) is 42.4. The number of ether oxygens (including phenoxy) is 4. The number of carbonyl (C=O) groups is 4. The van der Waals surface area contributed by atoms with Gasteiger partial charge in [0.05, 0.1) is 26.4 Å². The lowest BCUT2D eigenvalue weighted by Crippen LogP contribution is -2.30. The van der Waals surface area contributed by atoms with Crippen LogP contribution in [-0.4, -0.2) is 96.7 Å². The van der Waals surface area contributed by atoms with E-state index in [4.69, 9.17) is 37.0 Å². The Balaban J connectivity index is 5.15. The van der Waals surface area contributed by atoms with Gasteiger partial charge in [-0.25, -0.2) is 9.13 Å². The van der Waals surface area contributed by atoms with E-state index >= 15 is 0 Å². The Morgan fingerprint density at radius 1 is 0.330 bits per heavy atom. The fourth-order valence-corrected chi connectivity index (χ4v) is 12.0. The molecule has 522 valence electrons. The highest BCUT2D eigenvalue weighted by Gasteiger charge is 2.30. The molecule has 0 aromatic rings.